The molecule has 0 aliphatic carbocycles. The number of benzene rings is 2. The first-order valence-corrected chi connectivity index (χ1v) is 6.47. The van der Waals surface area contributed by atoms with Gasteiger partial charge in [-0.1, -0.05) is 44.2 Å². The number of nitrogens with two attached hydrogens (primary N) is 1. The molecular weight excluding hydrogens is 254 g/mol. The molecule has 20 heavy (non-hydrogen) atoms. The van der Waals surface area contributed by atoms with Crippen LogP contribution in [-0.4, -0.2) is 18.3 Å². The van der Waals surface area contributed by atoms with Crippen LogP contribution in [0.5, 0.6) is 5.75 Å². The van der Waals surface area contributed by atoms with Gasteiger partial charge in [0, 0.05) is 5.92 Å². The summed E-state index contributed by atoms with van der Waals surface area (Å²) in [6.45, 7) is 3.55. The first kappa shape index (κ1) is 14.1. The Kier molecular flexibility index (Phi) is 4.03. The number of primary amides is 1. The average molecular weight is 271 g/mol. The van der Waals surface area contributed by atoms with Crippen molar-refractivity contribution in [3.63, 3.8) is 0 Å². The highest BCUT2D eigenvalue weighted by Crippen LogP contribution is 2.27. The molecule has 104 valence electrons. The molecular formula is C16H17NO3. The summed E-state index contributed by atoms with van der Waals surface area (Å²) in [6.07, 6.45) is 0. The molecule has 0 radical (unpaired) electrons. The fourth-order valence-electron chi connectivity index (χ4n) is 1.94. The van der Waals surface area contributed by atoms with Gasteiger partial charge in [-0.25, -0.2) is 0 Å². The molecule has 0 atom stereocenters. The number of fused-ring (bicyclic) bond motifs is 1. The largest absolute Gasteiger partial charge is 0.485 e. The highest BCUT2D eigenvalue weighted by Gasteiger charge is 2.15. The number of amides is 1. The number of hydrogen-bond donors (Lipinski definition) is 1. The van der Waals surface area contributed by atoms with Crippen molar-refractivity contribution in [3.05, 3.63) is 42.0 Å². The number of carbonyl (C=O) groups is 2. The van der Waals surface area contributed by atoms with Crippen LogP contribution in [-0.2, 0) is 4.79 Å². The van der Waals surface area contributed by atoms with Crippen LogP contribution in [0.15, 0.2) is 36.4 Å². The normalized spacial score (nSPS) is 10.8. The minimum atomic E-state index is -0.561. The maximum atomic E-state index is 11.7. The standard InChI is InChI=1S/C16H17NO3/c1-10(2)13(18)9-20-14-8-7-11-5-3-4-6-12(11)15(14)16(17)19/h3-8,10H,9H2,1-2H3,(H2,17,19). The van der Waals surface area contributed by atoms with Crippen molar-refractivity contribution in [2.45, 2.75) is 13.8 Å². The van der Waals surface area contributed by atoms with E-state index in [9.17, 15) is 9.59 Å². The Labute approximate surface area is 117 Å². The summed E-state index contributed by atoms with van der Waals surface area (Å²) in [7, 11) is 0. The molecule has 2 aromatic carbocycles. The maximum absolute atomic E-state index is 11.7. The van der Waals surface area contributed by atoms with Crippen molar-refractivity contribution < 1.29 is 14.3 Å². The molecule has 0 fully saturated rings. The smallest absolute Gasteiger partial charge is 0.253 e. The van der Waals surface area contributed by atoms with Crippen molar-refractivity contribution in [1.29, 1.82) is 0 Å². The van der Waals surface area contributed by atoms with Gasteiger partial charge in [-0.3, -0.25) is 9.59 Å². The summed E-state index contributed by atoms with van der Waals surface area (Å²) in [5.41, 5.74) is 5.76. The topological polar surface area (TPSA) is 69.4 Å². The van der Waals surface area contributed by atoms with Crippen LogP contribution in [0.4, 0.5) is 0 Å². The fraction of sp³-hybridized carbons (Fsp3) is 0.250. The van der Waals surface area contributed by atoms with Gasteiger partial charge in [-0.2, -0.15) is 0 Å². The predicted molar refractivity (Wildman–Crippen MR) is 77.8 cm³/mol. The zero-order valence-electron chi connectivity index (χ0n) is 11.6. The summed E-state index contributed by atoms with van der Waals surface area (Å²) in [4.78, 5) is 23.3. The van der Waals surface area contributed by atoms with E-state index in [4.69, 9.17) is 10.5 Å². The third kappa shape index (κ3) is 2.79. The van der Waals surface area contributed by atoms with Crippen molar-refractivity contribution in [1.82, 2.24) is 0 Å². The highest BCUT2D eigenvalue weighted by atomic mass is 16.5. The Morgan fingerprint density at radius 2 is 1.85 bits per heavy atom. The zero-order valence-corrected chi connectivity index (χ0v) is 11.6. The van der Waals surface area contributed by atoms with E-state index < -0.39 is 5.91 Å². The van der Waals surface area contributed by atoms with Crippen molar-refractivity contribution in [2.24, 2.45) is 11.7 Å². The summed E-state index contributed by atoms with van der Waals surface area (Å²) < 4.78 is 5.48. The molecule has 0 saturated heterocycles. The number of hydrogen-bond acceptors (Lipinski definition) is 3. The molecule has 0 saturated carbocycles. The van der Waals surface area contributed by atoms with E-state index in [-0.39, 0.29) is 18.3 Å². The van der Waals surface area contributed by atoms with E-state index in [2.05, 4.69) is 0 Å². The fourth-order valence-corrected chi connectivity index (χ4v) is 1.94. The molecule has 2 rings (SSSR count). The second-order valence-electron chi connectivity index (χ2n) is 4.93. The maximum Gasteiger partial charge on any atom is 0.253 e. The number of Topliss-reactive ketones (excluding diaryl/α,β-unsaturated/α-hetero) is 1. The lowest BCUT2D eigenvalue weighted by Crippen LogP contribution is -2.19. The minimum absolute atomic E-state index is 0.0198. The lowest BCUT2D eigenvalue weighted by Gasteiger charge is -2.12. The summed E-state index contributed by atoms with van der Waals surface area (Å²) in [5, 5.41) is 1.64. The van der Waals surface area contributed by atoms with Gasteiger partial charge < -0.3 is 10.5 Å². The van der Waals surface area contributed by atoms with Gasteiger partial charge in [-0.15, -0.1) is 0 Å². The van der Waals surface area contributed by atoms with Crippen molar-refractivity contribution in [3.8, 4) is 5.75 Å². The van der Waals surface area contributed by atoms with Crippen LogP contribution >= 0.6 is 0 Å². The van der Waals surface area contributed by atoms with Crippen LogP contribution in [0.2, 0.25) is 0 Å². The van der Waals surface area contributed by atoms with E-state index in [1.807, 2.05) is 30.3 Å². The van der Waals surface area contributed by atoms with Gasteiger partial charge in [0.1, 0.15) is 12.4 Å². The van der Waals surface area contributed by atoms with Gasteiger partial charge in [0.25, 0.3) is 5.91 Å². The number of carbonyl (C=O) groups excluding carboxylic acids is 2. The van der Waals surface area contributed by atoms with Gasteiger partial charge in [0.15, 0.2) is 5.78 Å². The first-order chi connectivity index (χ1) is 9.50. The Hall–Kier alpha value is -2.36. The van der Waals surface area contributed by atoms with Gasteiger partial charge in [0.05, 0.1) is 5.56 Å². The molecule has 0 heterocycles. The summed E-state index contributed by atoms with van der Waals surface area (Å²) in [6, 6.07) is 10.9. The average Bonchev–Trinajstić information content (AvgIpc) is 2.43. The molecule has 0 aliphatic rings. The van der Waals surface area contributed by atoms with E-state index >= 15 is 0 Å². The van der Waals surface area contributed by atoms with Crippen LogP contribution < -0.4 is 10.5 Å². The van der Waals surface area contributed by atoms with Crippen LogP contribution in [0.3, 0.4) is 0 Å². The Bertz CT molecular complexity index is 662. The van der Waals surface area contributed by atoms with Crippen LogP contribution in [0.1, 0.15) is 24.2 Å². The van der Waals surface area contributed by atoms with Crippen LogP contribution in [0.25, 0.3) is 10.8 Å². The predicted octanol–water partition coefficient (Wildman–Crippen LogP) is 2.54. The Morgan fingerprint density at radius 1 is 1.15 bits per heavy atom. The minimum Gasteiger partial charge on any atom is -0.485 e. The second kappa shape index (κ2) is 5.74. The van der Waals surface area contributed by atoms with E-state index in [0.717, 1.165) is 10.8 Å². The molecule has 0 aliphatic heterocycles. The second-order valence-corrected chi connectivity index (χ2v) is 4.93. The van der Waals surface area contributed by atoms with Gasteiger partial charge >= 0.3 is 0 Å². The third-order valence-corrected chi connectivity index (χ3v) is 3.15. The molecule has 0 spiro atoms. The molecule has 0 bridgehead atoms. The lowest BCUT2D eigenvalue weighted by atomic mass is 10.0. The molecule has 0 unspecified atom stereocenters. The molecule has 2 aromatic rings. The third-order valence-electron chi connectivity index (χ3n) is 3.15. The van der Waals surface area contributed by atoms with E-state index in [1.54, 1.807) is 19.9 Å². The molecule has 2 N–H and O–H groups in total. The summed E-state index contributed by atoms with van der Waals surface area (Å²) >= 11 is 0. The van der Waals surface area contributed by atoms with Crippen molar-refractivity contribution >= 4 is 22.5 Å². The first-order valence-electron chi connectivity index (χ1n) is 6.47. The molecule has 1 amide bonds. The highest BCUT2D eigenvalue weighted by molar-refractivity contribution is 6.08. The van der Waals surface area contributed by atoms with Gasteiger partial charge in [-0.05, 0) is 16.8 Å². The number of rotatable bonds is 5. The molecule has 4 nitrogen and oxygen atoms in total. The quantitative estimate of drug-likeness (QED) is 0.908. The lowest BCUT2D eigenvalue weighted by molar-refractivity contribution is -0.123. The van der Waals surface area contributed by atoms with Gasteiger partial charge in [0.2, 0.25) is 0 Å². The number of ether oxygens (including phenoxy) is 1. The number of ketones is 1. The Balaban J connectivity index is 2.40. The zero-order chi connectivity index (χ0) is 14.7. The van der Waals surface area contributed by atoms with Crippen LogP contribution in [0, 0.1) is 5.92 Å². The molecule has 4 heteroatoms. The van der Waals surface area contributed by atoms with E-state index in [0.29, 0.717) is 11.3 Å². The summed E-state index contributed by atoms with van der Waals surface area (Å²) in [5.74, 6) is -0.333. The van der Waals surface area contributed by atoms with E-state index in [1.165, 1.54) is 0 Å². The monoisotopic (exact) mass is 271 g/mol. The molecule has 0 aromatic heterocycles. The SMILES string of the molecule is CC(C)C(=O)COc1ccc2ccccc2c1C(N)=O. The Morgan fingerprint density at radius 3 is 2.50 bits per heavy atom. The van der Waals surface area contributed by atoms with Crippen molar-refractivity contribution in [2.75, 3.05) is 6.61 Å².